The van der Waals surface area contributed by atoms with Crippen LogP contribution < -0.4 is 0 Å². The fourth-order valence-corrected chi connectivity index (χ4v) is 7.42. The van der Waals surface area contributed by atoms with Gasteiger partial charge in [-0.05, 0) is 87.1 Å². The number of nitrogens with zero attached hydrogens (tertiary/aromatic N) is 4. The Hall–Kier alpha value is -7.89. The Labute approximate surface area is 355 Å². The Kier molecular flexibility index (Phi) is 4.50. The SMILES string of the molecule is [2H]c1c(-n2c3c([2H])c([2H])c([2H])c([2H])c3c3c([2H])c4c([2H])c([2H])c([2H])c([2H])c4c([2H])c32)c([2H])c2c([2H])c([2H])c(-c3ccc4c(c3)oc3cccc(-c5nc(-c6ccccc6)nc(-c6ccccc6)n5)c34)c([2H])c2c1[2H]. The molecule has 5 nitrogen and oxygen atoms in total. The highest BCUT2D eigenvalue weighted by atomic mass is 16.3. The van der Waals surface area contributed by atoms with Gasteiger partial charge in [-0.25, -0.2) is 15.0 Å². The van der Waals surface area contributed by atoms with Gasteiger partial charge in [0.25, 0.3) is 0 Å². The smallest absolute Gasteiger partial charge is 0.164 e. The number of furan rings is 1. The third-order valence-electron chi connectivity index (χ3n) is 10.1. The molecule has 0 fully saturated rings. The second kappa shape index (κ2) is 12.8. The molecule has 0 bridgehead atoms. The molecule has 0 aliphatic rings. The molecule has 0 aliphatic carbocycles. The maximum atomic E-state index is 9.68. The molecule has 0 spiro atoms. The number of aromatic nitrogens is 4. The average Bonchev–Trinajstić information content (AvgIpc) is 3.97. The van der Waals surface area contributed by atoms with E-state index in [0.717, 1.165) is 15.7 Å². The summed E-state index contributed by atoms with van der Waals surface area (Å²) in [6.45, 7) is 0. The second-order valence-corrected chi connectivity index (χ2v) is 13.5. The molecule has 3 aromatic heterocycles. The summed E-state index contributed by atoms with van der Waals surface area (Å²) in [5, 5.41) is -0.963. The van der Waals surface area contributed by atoms with E-state index in [1.807, 2.05) is 72.8 Å². The Morgan fingerprint density at radius 1 is 0.431 bits per heavy atom. The zero-order chi connectivity index (χ0) is 52.1. The van der Waals surface area contributed by atoms with Crippen LogP contribution in [0.3, 0.4) is 0 Å². The molecule has 9 aromatic carbocycles. The highest BCUT2D eigenvalue weighted by Crippen LogP contribution is 2.40. The molecule has 0 saturated heterocycles. The van der Waals surface area contributed by atoms with Crippen molar-refractivity contribution >= 4 is 65.3 Å². The molecule has 58 heavy (non-hydrogen) atoms. The minimum absolute atomic E-state index is 0.110. The van der Waals surface area contributed by atoms with Crippen molar-refractivity contribution < 1.29 is 26.3 Å². The van der Waals surface area contributed by atoms with Crippen molar-refractivity contribution in [3.8, 4) is 51.0 Å². The Morgan fingerprint density at radius 3 is 1.90 bits per heavy atom. The highest BCUT2D eigenvalue weighted by molar-refractivity contribution is 6.14. The predicted octanol–water partition coefficient (Wildman–Crippen LogP) is 13.8. The molecule has 0 aliphatic heterocycles. The van der Waals surface area contributed by atoms with E-state index in [4.69, 9.17) is 30.3 Å². The molecule has 0 saturated carbocycles. The van der Waals surface area contributed by atoms with Crippen LogP contribution in [0.25, 0.3) is 116 Å². The first-order valence-corrected chi connectivity index (χ1v) is 18.2. The number of rotatable bonds is 5. The van der Waals surface area contributed by atoms with Gasteiger partial charge in [0.05, 0.1) is 33.0 Å². The summed E-state index contributed by atoms with van der Waals surface area (Å²) < 4.78 is 153. The molecule has 0 radical (unpaired) electrons. The summed E-state index contributed by atoms with van der Waals surface area (Å²) in [7, 11) is 0. The Bertz CT molecular complexity index is 4450. The summed E-state index contributed by atoms with van der Waals surface area (Å²) in [5.74, 6) is 1.30. The van der Waals surface area contributed by atoms with E-state index in [9.17, 15) is 11.0 Å². The van der Waals surface area contributed by atoms with Crippen LogP contribution in [0.15, 0.2) is 198 Å². The molecule has 270 valence electrons. The van der Waals surface area contributed by atoms with Crippen LogP contribution in [-0.2, 0) is 0 Å². The van der Waals surface area contributed by atoms with Gasteiger partial charge in [0, 0.05) is 43.9 Å². The van der Waals surface area contributed by atoms with E-state index < -0.39 is 130 Å². The van der Waals surface area contributed by atoms with Gasteiger partial charge in [-0.15, -0.1) is 0 Å². The Morgan fingerprint density at radius 2 is 1.10 bits per heavy atom. The van der Waals surface area contributed by atoms with Gasteiger partial charge in [0.2, 0.25) is 0 Å². The molecule has 12 rings (SSSR count). The standard InChI is InChI=1S/C53H32N4O/c1-3-12-33(13-4-1)51-54-52(34-14-5-2-6-15-34)56-53(55-51)44-19-11-21-48-50(44)43-27-25-40(32-49(43)58-48)37-22-23-39-29-41(26-24-38(39)28-37)57-46-20-10-9-18-42(46)45-30-35-16-7-8-17-36(35)31-47(45)57/h1-32H/i7D,8D,9D,10D,16D,17D,18D,20D,22D,23D,24D,26D,28D,29D,30D,31D. The van der Waals surface area contributed by atoms with Crippen LogP contribution in [0.1, 0.15) is 21.9 Å². The quantitative estimate of drug-likeness (QED) is 0.175. The van der Waals surface area contributed by atoms with Crippen LogP contribution in [0.5, 0.6) is 0 Å². The summed E-state index contributed by atoms with van der Waals surface area (Å²) in [6, 6.07) is 18.8. The van der Waals surface area contributed by atoms with Gasteiger partial charge in [-0.1, -0.05) is 139 Å². The first-order valence-electron chi connectivity index (χ1n) is 26.2. The van der Waals surface area contributed by atoms with Gasteiger partial charge >= 0.3 is 0 Å². The van der Waals surface area contributed by atoms with Gasteiger partial charge in [0.15, 0.2) is 17.5 Å². The van der Waals surface area contributed by atoms with Crippen molar-refractivity contribution in [3.05, 3.63) is 194 Å². The lowest BCUT2D eigenvalue weighted by molar-refractivity contribution is 0.669. The normalized spacial score (nSPS) is 15.7. The predicted molar refractivity (Wildman–Crippen MR) is 238 cm³/mol. The summed E-state index contributed by atoms with van der Waals surface area (Å²) in [4.78, 5) is 14.7. The van der Waals surface area contributed by atoms with Crippen LogP contribution in [0.2, 0.25) is 0 Å². The molecule has 5 heteroatoms. The van der Waals surface area contributed by atoms with Gasteiger partial charge in [-0.3, -0.25) is 0 Å². The van der Waals surface area contributed by atoms with Crippen molar-refractivity contribution in [3.63, 3.8) is 0 Å². The highest BCUT2D eigenvalue weighted by Gasteiger charge is 2.19. The summed E-state index contributed by atoms with van der Waals surface area (Å²) in [6.07, 6.45) is 0. The maximum Gasteiger partial charge on any atom is 0.164 e. The second-order valence-electron chi connectivity index (χ2n) is 13.5. The van der Waals surface area contributed by atoms with Crippen molar-refractivity contribution in [1.82, 2.24) is 19.5 Å². The maximum absolute atomic E-state index is 9.68. The van der Waals surface area contributed by atoms with Crippen molar-refractivity contribution in [2.24, 2.45) is 0 Å². The van der Waals surface area contributed by atoms with Crippen LogP contribution in [-0.4, -0.2) is 19.5 Å². The number of fused-ring (bicyclic) bond motifs is 8. The lowest BCUT2D eigenvalue weighted by Gasteiger charge is -2.11. The molecule has 0 atom stereocenters. The van der Waals surface area contributed by atoms with Gasteiger partial charge in [0.1, 0.15) is 11.2 Å². The number of benzene rings is 9. The van der Waals surface area contributed by atoms with Crippen molar-refractivity contribution in [1.29, 1.82) is 0 Å². The third-order valence-corrected chi connectivity index (χ3v) is 10.1. The van der Waals surface area contributed by atoms with Crippen molar-refractivity contribution in [2.75, 3.05) is 0 Å². The first-order chi connectivity index (χ1) is 35.4. The fraction of sp³-hybridized carbons (Fsp3) is 0. The van der Waals surface area contributed by atoms with Crippen LogP contribution in [0.4, 0.5) is 0 Å². The van der Waals surface area contributed by atoms with E-state index in [1.165, 1.54) is 0 Å². The monoisotopic (exact) mass is 756 g/mol. The Balaban J connectivity index is 1.08. The summed E-state index contributed by atoms with van der Waals surface area (Å²) in [5.41, 5.74) is 1.75. The largest absolute Gasteiger partial charge is 0.456 e. The van der Waals surface area contributed by atoms with Gasteiger partial charge in [-0.2, -0.15) is 0 Å². The zero-order valence-electron chi connectivity index (χ0n) is 45.9. The molecule has 3 heterocycles. The molecule has 0 amide bonds. The lowest BCUT2D eigenvalue weighted by atomic mass is 9.99. The molecule has 0 N–H and O–H groups in total. The van der Waals surface area contributed by atoms with Crippen LogP contribution >= 0.6 is 0 Å². The van der Waals surface area contributed by atoms with E-state index >= 15 is 0 Å². The minimum Gasteiger partial charge on any atom is -0.456 e. The molecular formula is C53H32N4O. The molecular weight excluding hydrogens is 709 g/mol. The van der Waals surface area contributed by atoms with E-state index in [-0.39, 0.29) is 27.3 Å². The van der Waals surface area contributed by atoms with E-state index in [0.29, 0.717) is 45.0 Å². The topological polar surface area (TPSA) is 56.7 Å². The van der Waals surface area contributed by atoms with E-state index in [1.54, 1.807) is 24.3 Å². The third kappa shape index (κ3) is 5.21. The number of hydrogen-bond acceptors (Lipinski definition) is 4. The fourth-order valence-electron chi connectivity index (χ4n) is 7.42. The summed E-state index contributed by atoms with van der Waals surface area (Å²) >= 11 is 0. The van der Waals surface area contributed by atoms with Crippen molar-refractivity contribution in [2.45, 2.75) is 0 Å². The van der Waals surface area contributed by atoms with Crippen LogP contribution in [0, 0.1) is 0 Å². The van der Waals surface area contributed by atoms with Gasteiger partial charge < -0.3 is 8.98 Å². The number of para-hydroxylation sites is 1. The lowest BCUT2D eigenvalue weighted by Crippen LogP contribution is -2.00. The van der Waals surface area contributed by atoms with E-state index in [2.05, 4.69) is 0 Å². The average molecular weight is 757 g/mol. The first kappa shape index (κ1) is 20.3. The molecule has 12 aromatic rings. The zero-order valence-corrected chi connectivity index (χ0v) is 29.9. The minimum atomic E-state index is -0.768. The number of hydrogen-bond donors (Lipinski definition) is 0. The molecule has 0 unspecified atom stereocenters.